The molecule has 1 aromatic carbocycles. The number of hydrogen-bond acceptors (Lipinski definition) is 4. The van der Waals surface area contributed by atoms with Crippen LogP contribution in [0.15, 0.2) is 18.2 Å². The maximum atomic E-state index is 12.4. The summed E-state index contributed by atoms with van der Waals surface area (Å²) >= 11 is 0. The Bertz CT molecular complexity index is 654. The Hall–Kier alpha value is -1.56. The molecular formula is C14H18N2O3S. The molecule has 0 radical (unpaired) electrons. The summed E-state index contributed by atoms with van der Waals surface area (Å²) in [5.74, 6) is -0.242. The maximum Gasteiger partial charge on any atom is 0.227 e. The molecule has 1 amide bonds. The van der Waals surface area contributed by atoms with E-state index in [2.05, 4.69) is 0 Å². The van der Waals surface area contributed by atoms with Gasteiger partial charge in [-0.3, -0.25) is 4.79 Å². The van der Waals surface area contributed by atoms with Crippen LogP contribution >= 0.6 is 0 Å². The van der Waals surface area contributed by atoms with E-state index in [4.69, 9.17) is 5.73 Å². The third kappa shape index (κ3) is 2.40. The number of anilines is 1. The van der Waals surface area contributed by atoms with Gasteiger partial charge in [0, 0.05) is 18.8 Å². The lowest BCUT2D eigenvalue weighted by Crippen LogP contribution is -2.40. The third-order valence-electron chi connectivity index (χ3n) is 4.20. The molecule has 1 atom stereocenters. The van der Waals surface area contributed by atoms with Crippen molar-refractivity contribution in [2.24, 2.45) is 5.92 Å². The van der Waals surface area contributed by atoms with E-state index in [-0.39, 0.29) is 23.3 Å². The second-order valence-electron chi connectivity index (χ2n) is 5.59. The van der Waals surface area contributed by atoms with E-state index in [0.717, 1.165) is 23.2 Å². The van der Waals surface area contributed by atoms with Crippen molar-refractivity contribution in [2.75, 3.05) is 23.8 Å². The molecular weight excluding hydrogens is 276 g/mol. The first-order valence-corrected chi connectivity index (χ1v) is 8.64. The number of fused-ring (bicyclic) bond motifs is 1. The molecule has 5 nitrogen and oxygen atoms in total. The zero-order valence-corrected chi connectivity index (χ0v) is 12.0. The summed E-state index contributed by atoms with van der Waals surface area (Å²) < 4.78 is 23.0. The maximum absolute atomic E-state index is 12.4. The van der Waals surface area contributed by atoms with Gasteiger partial charge in [0.05, 0.1) is 17.4 Å². The number of sulfone groups is 1. The van der Waals surface area contributed by atoms with Crippen LogP contribution in [0.4, 0.5) is 5.69 Å². The molecule has 0 aromatic heterocycles. The fraction of sp³-hybridized carbons (Fsp3) is 0.500. The fourth-order valence-corrected chi connectivity index (χ4v) is 4.81. The van der Waals surface area contributed by atoms with Crippen LogP contribution in [-0.4, -0.2) is 37.3 Å². The highest BCUT2D eigenvalue weighted by atomic mass is 32.2. The number of nitrogens with two attached hydrogens (primary N) is 1. The van der Waals surface area contributed by atoms with Gasteiger partial charge in [0.15, 0.2) is 9.84 Å². The highest BCUT2D eigenvalue weighted by Crippen LogP contribution is 2.27. The van der Waals surface area contributed by atoms with Gasteiger partial charge >= 0.3 is 0 Å². The molecule has 1 fully saturated rings. The van der Waals surface area contributed by atoms with Crippen molar-refractivity contribution in [1.29, 1.82) is 0 Å². The van der Waals surface area contributed by atoms with Gasteiger partial charge in [-0.1, -0.05) is 12.1 Å². The Labute approximate surface area is 118 Å². The first-order chi connectivity index (χ1) is 9.46. The minimum atomic E-state index is -3.01. The lowest BCUT2D eigenvalue weighted by molar-refractivity contribution is -0.135. The second kappa shape index (κ2) is 4.77. The lowest BCUT2D eigenvalue weighted by Gasteiger charge is -2.31. The summed E-state index contributed by atoms with van der Waals surface area (Å²) in [6.45, 7) is 1.16. The van der Waals surface area contributed by atoms with E-state index in [1.807, 2.05) is 18.2 Å². The SMILES string of the molecule is Nc1cccc2c1CCN(C(=O)C1CCS(=O)(=O)C1)C2. The topological polar surface area (TPSA) is 80.5 Å². The van der Waals surface area contributed by atoms with Gasteiger partial charge in [-0.2, -0.15) is 0 Å². The number of rotatable bonds is 1. The summed E-state index contributed by atoms with van der Waals surface area (Å²) in [5.41, 5.74) is 8.91. The van der Waals surface area contributed by atoms with Crippen molar-refractivity contribution in [3.63, 3.8) is 0 Å². The van der Waals surface area contributed by atoms with Crippen molar-refractivity contribution in [3.8, 4) is 0 Å². The van der Waals surface area contributed by atoms with Crippen LogP contribution in [0.2, 0.25) is 0 Å². The number of amides is 1. The molecule has 0 aliphatic carbocycles. The summed E-state index contributed by atoms with van der Waals surface area (Å²) in [6, 6.07) is 5.75. The Kier molecular flexibility index (Phi) is 3.20. The molecule has 20 heavy (non-hydrogen) atoms. The molecule has 1 unspecified atom stereocenters. The fourth-order valence-electron chi connectivity index (χ4n) is 3.08. The van der Waals surface area contributed by atoms with E-state index in [1.165, 1.54) is 0 Å². The Morgan fingerprint density at radius 2 is 2.15 bits per heavy atom. The Morgan fingerprint density at radius 1 is 1.35 bits per heavy atom. The molecule has 0 spiro atoms. The monoisotopic (exact) mass is 294 g/mol. The van der Waals surface area contributed by atoms with Crippen molar-refractivity contribution in [3.05, 3.63) is 29.3 Å². The number of carbonyl (C=O) groups is 1. The number of benzene rings is 1. The normalized spacial score (nSPS) is 24.4. The first-order valence-electron chi connectivity index (χ1n) is 6.82. The summed E-state index contributed by atoms with van der Waals surface area (Å²) in [6.07, 6.45) is 1.20. The average molecular weight is 294 g/mol. The standard InChI is InChI=1S/C14H18N2O3S/c15-13-3-1-2-10-8-16(6-4-12(10)13)14(17)11-5-7-20(18,19)9-11/h1-3,11H,4-9,15H2. The molecule has 6 heteroatoms. The Morgan fingerprint density at radius 3 is 2.85 bits per heavy atom. The number of carbonyl (C=O) groups excluding carboxylic acids is 1. The third-order valence-corrected chi connectivity index (χ3v) is 5.96. The Balaban J connectivity index is 1.76. The smallest absolute Gasteiger partial charge is 0.227 e. The molecule has 2 aliphatic heterocycles. The summed E-state index contributed by atoms with van der Waals surface area (Å²) in [5, 5.41) is 0. The van der Waals surface area contributed by atoms with E-state index < -0.39 is 9.84 Å². The lowest BCUT2D eigenvalue weighted by atomic mass is 9.96. The van der Waals surface area contributed by atoms with Gasteiger partial charge in [0.2, 0.25) is 5.91 Å². The van der Waals surface area contributed by atoms with E-state index in [1.54, 1.807) is 4.90 Å². The number of hydrogen-bond donors (Lipinski definition) is 1. The molecule has 2 heterocycles. The van der Waals surface area contributed by atoms with Gasteiger partial charge < -0.3 is 10.6 Å². The predicted molar refractivity (Wildman–Crippen MR) is 76.7 cm³/mol. The van der Waals surface area contributed by atoms with Gasteiger partial charge in [-0.25, -0.2) is 8.42 Å². The molecule has 3 rings (SSSR count). The van der Waals surface area contributed by atoms with Crippen LogP contribution in [0.3, 0.4) is 0 Å². The van der Waals surface area contributed by atoms with Crippen molar-refractivity contribution >= 4 is 21.4 Å². The molecule has 0 bridgehead atoms. The van der Waals surface area contributed by atoms with Crippen LogP contribution in [0.25, 0.3) is 0 Å². The minimum absolute atomic E-state index is 0.00607. The van der Waals surface area contributed by atoms with E-state index in [0.29, 0.717) is 19.5 Å². The van der Waals surface area contributed by atoms with Crippen LogP contribution in [0.1, 0.15) is 17.5 Å². The van der Waals surface area contributed by atoms with Gasteiger partial charge in [0.1, 0.15) is 0 Å². The highest BCUT2D eigenvalue weighted by Gasteiger charge is 2.36. The molecule has 2 aliphatic rings. The molecule has 2 N–H and O–H groups in total. The molecule has 1 saturated heterocycles. The molecule has 1 aromatic rings. The van der Waals surface area contributed by atoms with E-state index in [9.17, 15) is 13.2 Å². The highest BCUT2D eigenvalue weighted by molar-refractivity contribution is 7.91. The first kappa shape index (κ1) is 13.4. The molecule has 108 valence electrons. The summed E-state index contributed by atoms with van der Waals surface area (Å²) in [7, 11) is -3.01. The van der Waals surface area contributed by atoms with Crippen LogP contribution < -0.4 is 5.73 Å². The van der Waals surface area contributed by atoms with E-state index >= 15 is 0 Å². The van der Waals surface area contributed by atoms with Gasteiger partial charge in [0.25, 0.3) is 0 Å². The molecule has 0 saturated carbocycles. The van der Waals surface area contributed by atoms with Gasteiger partial charge in [-0.15, -0.1) is 0 Å². The van der Waals surface area contributed by atoms with Crippen LogP contribution in [0.5, 0.6) is 0 Å². The average Bonchev–Trinajstić information content (AvgIpc) is 2.78. The zero-order chi connectivity index (χ0) is 14.3. The van der Waals surface area contributed by atoms with Crippen LogP contribution in [-0.2, 0) is 27.6 Å². The van der Waals surface area contributed by atoms with Crippen molar-refractivity contribution in [2.45, 2.75) is 19.4 Å². The van der Waals surface area contributed by atoms with Crippen molar-refractivity contribution in [1.82, 2.24) is 4.90 Å². The second-order valence-corrected chi connectivity index (χ2v) is 7.82. The van der Waals surface area contributed by atoms with Crippen LogP contribution in [0, 0.1) is 5.92 Å². The van der Waals surface area contributed by atoms with Crippen molar-refractivity contribution < 1.29 is 13.2 Å². The zero-order valence-electron chi connectivity index (χ0n) is 11.2. The number of nitrogen functional groups attached to an aromatic ring is 1. The largest absolute Gasteiger partial charge is 0.398 e. The van der Waals surface area contributed by atoms with Gasteiger partial charge in [-0.05, 0) is 30.0 Å². The number of nitrogens with zero attached hydrogens (tertiary/aromatic N) is 1. The predicted octanol–water partition coefficient (Wildman–Crippen LogP) is 0.588. The summed E-state index contributed by atoms with van der Waals surface area (Å²) in [4.78, 5) is 14.2. The minimum Gasteiger partial charge on any atom is -0.398 e. The quantitative estimate of drug-likeness (QED) is 0.769.